The van der Waals surface area contributed by atoms with E-state index in [9.17, 15) is 4.79 Å². The number of carbonyl (C=O) groups is 1. The Morgan fingerprint density at radius 2 is 2.24 bits per heavy atom. The lowest BCUT2D eigenvalue weighted by Crippen LogP contribution is -2.38. The van der Waals surface area contributed by atoms with Gasteiger partial charge in [-0.05, 0) is 37.6 Å². The molecule has 0 radical (unpaired) electrons. The number of amides is 1. The molecule has 5 heteroatoms. The minimum Gasteiger partial charge on any atom is -0.376 e. The second-order valence-electron chi connectivity index (χ2n) is 5.97. The first-order chi connectivity index (χ1) is 9.98. The van der Waals surface area contributed by atoms with E-state index in [1.165, 1.54) is 0 Å². The summed E-state index contributed by atoms with van der Waals surface area (Å²) in [5.41, 5.74) is 1.43. The second-order valence-corrected chi connectivity index (χ2v) is 6.38. The van der Waals surface area contributed by atoms with Gasteiger partial charge < -0.3 is 15.5 Å². The minimum absolute atomic E-state index is 0.100. The number of hydrogen-bond donors (Lipinski definition) is 2. The Bertz CT molecular complexity index is 510. The molecule has 1 heterocycles. The number of anilines is 2. The summed E-state index contributed by atoms with van der Waals surface area (Å²) in [5.74, 6) is 0.100. The Kier molecular flexibility index (Phi) is 5.12. The number of hydrogen-bond acceptors (Lipinski definition) is 3. The van der Waals surface area contributed by atoms with E-state index in [4.69, 9.17) is 11.6 Å². The van der Waals surface area contributed by atoms with Crippen LogP contribution in [0, 0.1) is 5.41 Å². The third-order valence-corrected chi connectivity index (χ3v) is 4.44. The van der Waals surface area contributed by atoms with Gasteiger partial charge in [-0.3, -0.25) is 4.79 Å². The molecule has 2 N–H and O–H groups in total. The van der Waals surface area contributed by atoms with Crippen molar-refractivity contribution < 1.29 is 4.79 Å². The molecule has 1 fully saturated rings. The Morgan fingerprint density at radius 1 is 1.48 bits per heavy atom. The van der Waals surface area contributed by atoms with Crippen LogP contribution in [-0.2, 0) is 4.79 Å². The zero-order valence-electron chi connectivity index (χ0n) is 13.0. The van der Waals surface area contributed by atoms with Gasteiger partial charge in [0.1, 0.15) is 0 Å². The number of carbonyl (C=O) groups excluding carboxylic acids is 1. The van der Waals surface area contributed by atoms with Crippen molar-refractivity contribution in [2.24, 2.45) is 5.41 Å². The molecule has 1 atom stereocenters. The van der Waals surface area contributed by atoms with Crippen molar-refractivity contribution in [3.05, 3.63) is 23.2 Å². The smallest absolute Gasteiger partial charge is 0.231 e. The molecule has 0 aliphatic carbocycles. The monoisotopic (exact) mass is 309 g/mol. The predicted octanol–water partition coefficient (Wildman–Crippen LogP) is 3.12. The fourth-order valence-electron chi connectivity index (χ4n) is 2.95. The van der Waals surface area contributed by atoms with E-state index in [1.807, 2.05) is 37.2 Å². The topological polar surface area (TPSA) is 44.4 Å². The molecule has 1 aromatic carbocycles. The molecule has 0 bridgehead atoms. The molecule has 1 unspecified atom stereocenters. The van der Waals surface area contributed by atoms with Crippen LogP contribution in [0.3, 0.4) is 0 Å². The molecule has 116 valence electrons. The highest BCUT2D eigenvalue weighted by atomic mass is 35.5. The lowest BCUT2D eigenvalue weighted by atomic mass is 9.81. The summed E-state index contributed by atoms with van der Waals surface area (Å²) in [5, 5.41) is 6.99. The van der Waals surface area contributed by atoms with Crippen LogP contribution in [0.25, 0.3) is 0 Å². The van der Waals surface area contributed by atoms with Gasteiger partial charge in [-0.2, -0.15) is 0 Å². The molecule has 1 aliphatic heterocycles. The fraction of sp³-hybridized carbons (Fsp3) is 0.562. The molecular weight excluding hydrogens is 286 g/mol. The summed E-state index contributed by atoms with van der Waals surface area (Å²) in [6, 6.07) is 5.65. The van der Waals surface area contributed by atoms with Crippen molar-refractivity contribution in [3.63, 3.8) is 0 Å². The lowest BCUT2D eigenvalue weighted by Gasteiger charge is -2.26. The van der Waals surface area contributed by atoms with E-state index in [0.29, 0.717) is 5.02 Å². The van der Waals surface area contributed by atoms with Crippen molar-refractivity contribution in [1.29, 1.82) is 0 Å². The van der Waals surface area contributed by atoms with Crippen LogP contribution in [0.2, 0.25) is 5.02 Å². The summed E-state index contributed by atoms with van der Waals surface area (Å²) < 4.78 is 0. The average Bonchev–Trinajstić information content (AvgIpc) is 2.88. The molecule has 1 amide bonds. The normalized spacial score (nSPS) is 21.3. The van der Waals surface area contributed by atoms with Crippen LogP contribution in [0.5, 0.6) is 0 Å². The molecule has 2 rings (SSSR count). The zero-order chi connectivity index (χ0) is 15.5. The summed E-state index contributed by atoms with van der Waals surface area (Å²) in [6.07, 6.45) is 2.82. The van der Waals surface area contributed by atoms with Crippen LogP contribution in [0.4, 0.5) is 11.4 Å². The number of nitrogens with one attached hydrogen (secondary N) is 2. The highest BCUT2D eigenvalue weighted by Gasteiger charge is 2.40. The SMILES string of the molecule is CCCC1(C(=O)Nc2ccc(N(C)C)c(Cl)c2)CCNC1. The van der Waals surface area contributed by atoms with Crippen molar-refractivity contribution in [2.75, 3.05) is 37.4 Å². The molecular formula is C16H24ClN3O. The van der Waals surface area contributed by atoms with Gasteiger partial charge in [-0.25, -0.2) is 0 Å². The lowest BCUT2D eigenvalue weighted by molar-refractivity contribution is -0.125. The molecule has 0 spiro atoms. The Labute approximate surface area is 131 Å². The van der Waals surface area contributed by atoms with Gasteiger partial charge in [0.05, 0.1) is 16.1 Å². The van der Waals surface area contributed by atoms with Gasteiger partial charge in [-0.1, -0.05) is 24.9 Å². The Hall–Kier alpha value is -1.26. The standard InChI is InChI=1S/C16H24ClN3O/c1-4-7-16(8-9-18-11-16)15(21)19-12-5-6-14(20(2)3)13(17)10-12/h5-6,10,18H,4,7-9,11H2,1-3H3,(H,19,21). The van der Waals surface area contributed by atoms with Gasteiger partial charge in [0.2, 0.25) is 5.91 Å². The van der Waals surface area contributed by atoms with E-state index < -0.39 is 0 Å². The van der Waals surface area contributed by atoms with E-state index in [0.717, 1.165) is 43.7 Å². The quantitative estimate of drug-likeness (QED) is 0.878. The van der Waals surface area contributed by atoms with Crippen LogP contribution in [0.1, 0.15) is 26.2 Å². The minimum atomic E-state index is -0.276. The van der Waals surface area contributed by atoms with Gasteiger partial charge >= 0.3 is 0 Å². The molecule has 4 nitrogen and oxygen atoms in total. The fourth-order valence-corrected chi connectivity index (χ4v) is 3.30. The third-order valence-electron chi connectivity index (χ3n) is 4.14. The van der Waals surface area contributed by atoms with Crippen molar-refractivity contribution in [2.45, 2.75) is 26.2 Å². The number of benzene rings is 1. The average molecular weight is 310 g/mol. The van der Waals surface area contributed by atoms with E-state index in [-0.39, 0.29) is 11.3 Å². The largest absolute Gasteiger partial charge is 0.376 e. The van der Waals surface area contributed by atoms with Crippen molar-refractivity contribution in [3.8, 4) is 0 Å². The van der Waals surface area contributed by atoms with Gasteiger partial charge in [0.15, 0.2) is 0 Å². The maximum absolute atomic E-state index is 12.7. The first kappa shape index (κ1) is 16.1. The molecule has 1 aromatic rings. The first-order valence-corrected chi connectivity index (χ1v) is 7.85. The van der Waals surface area contributed by atoms with Crippen LogP contribution >= 0.6 is 11.6 Å². The maximum Gasteiger partial charge on any atom is 0.231 e. The third kappa shape index (κ3) is 3.50. The van der Waals surface area contributed by atoms with Gasteiger partial charge in [0, 0.05) is 26.3 Å². The summed E-state index contributed by atoms with van der Waals surface area (Å²) in [4.78, 5) is 14.6. The van der Waals surface area contributed by atoms with Gasteiger partial charge in [-0.15, -0.1) is 0 Å². The van der Waals surface area contributed by atoms with Crippen molar-refractivity contribution >= 4 is 28.9 Å². The molecule has 0 aromatic heterocycles. The molecule has 21 heavy (non-hydrogen) atoms. The predicted molar refractivity (Wildman–Crippen MR) is 89.2 cm³/mol. The molecule has 1 aliphatic rings. The number of rotatable bonds is 5. The van der Waals surface area contributed by atoms with E-state index >= 15 is 0 Å². The summed E-state index contributed by atoms with van der Waals surface area (Å²) in [6.45, 7) is 3.79. The highest BCUT2D eigenvalue weighted by Crippen LogP contribution is 2.33. The van der Waals surface area contributed by atoms with E-state index in [2.05, 4.69) is 17.6 Å². The van der Waals surface area contributed by atoms with Crippen LogP contribution in [0.15, 0.2) is 18.2 Å². The second kappa shape index (κ2) is 6.67. The van der Waals surface area contributed by atoms with E-state index in [1.54, 1.807) is 0 Å². The summed E-state index contributed by atoms with van der Waals surface area (Å²) >= 11 is 6.26. The molecule has 1 saturated heterocycles. The maximum atomic E-state index is 12.7. The van der Waals surface area contributed by atoms with Crippen LogP contribution in [-0.4, -0.2) is 33.1 Å². The summed E-state index contributed by atoms with van der Waals surface area (Å²) in [7, 11) is 3.89. The Balaban J connectivity index is 2.13. The Morgan fingerprint density at radius 3 is 2.76 bits per heavy atom. The zero-order valence-corrected chi connectivity index (χ0v) is 13.8. The molecule has 0 saturated carbocycles. The number of nitrogens with zero attached hydrogens (tertiary/aromatic N) is 1. The van der Waals surface area contributed by atoms with Crippen molar-refractivity contribution in [1.82, 2.24) is 5.32 Å². The van der Waals surface area contributed by atoms with Crippen LogP contribution < -0.4 is 15.5 Å². The number of halogens is 1. The van der Waals surface area contributed by atoms with Gasteiger partial charge in [0.25, 0.3) is 0 Å². The first-order valence-electron chi connectivity index (χ1n) is 7.47. The highest BCUT2D eigenvalue weighted by molar-refractivity contribution is 6.33.